The van der Waals surface area contributed by atoms with Gasteiger partial charge in [-0.2, -0.15) is 0 Å². The molecule has 3 aliphatic rings. The number of allylic oxidation sites excluding steroid dienone is 1. The predicted molar refractivity (Wildman–Crippen MR) is 81.9 cm³/mol. The minimum atomic E-state index is -0.628. The molecule has 0 radical (unpaired) electrons. The molecule has 1 aromatic carbocycles. The average molecular weight is 328 g/mol. The highest BCUT2D eigenvalue weighted by molar-refractivity contribution is 5.89. The Kier molecular flexibility index (Phi) is 3.52. The van der Waals surface area contributed by atoms with E-state index in [0.717, 1.165) is 0 Å². The Morgan fingerprint density at radius 1 is 1.12 bits per heavy atom. The monoisotopic (exact) mass is 328 g/mol. The molecule has 4 rings (SSSR count). The van der Waals surface area contributed by atoms with Crippen molar-refractivity contribution in [2.24, 2.45) is 17.8 Å². The van der Waals surface area contributed by atoms with Crippen molar-refractivity contribution in [2.75, 3.05) is 13.7 Å². The molecule has 6 nitrogen and oxygen atoms in total. The van der Waals surface area contributed by atoms with E-state index >= 15 is 0 Å². The molecule has 1 saturated heterocycles. The Balaban J connectivity index is 1.41. The lowest BCUT2D eigenvalue weighted by atomic mass is 9.83. The number of esters is 2. The largest absolute Gasteiger partial charge is 0.497 e. The van der Waals surface area contributed by atoms with Gasteiger partial charge in [0.25, 0.3) is 6.29 Å². The third kappa shape index (κ3) is 2.44. The van der Waals surface area contributed by atoms with E-state index in [1.54, 1.807) is 31.4 Å². The van der Waals surface area contributed by atoms with Gasteiger partial charge in [-0.15, -0.1) is 0 Å². The summed E-state index contributed by atoms with van der Waals surface area (Å²) in [5, 5.41) is 0. The summed E-state index contributed by atoms with van der Waals surface area (Å²) < 4.78 is 21.3. The van der Waals surface area contributed by atoms with Gasteiger partial charge in [0.15, 0.2) is 0 Å². The van der Waals surface area contributed by atoms with Crippen molar-refractivity contribution in [1.82, 2.24) is 0 Å². The van der Waals surface area contributed by atoms with E-state index in [1.807, 2.05) is 18.2 Å². The molecule has 0 aromatic heterocycles. The molecule has 0 N–H and O–H groups in total. The Morgan fingerprint density at radius 3 is 2.67 bits per heavy atom. The highest BCUT2D eigenvalue weighted by Gasteiger charge is 2.50. The molecule has 24 heavy (non-hydrogen) atoms. The second-order valence-electron chi connectivity index (χ2n) is 5.93. The first-order chi connectivity index (χ1) is 11.7. The van der Waals surface area contributed by atoms with Crippen LogP contribution in [0.3, 0.4) is 0 Å². The molecule has 2 aliphatic heterocycles. The van der Waals surface area contributed by atoms with Crippen molar-refractivity contribution >= 4 is 11.9 Å². The fraction of sp³-hybridized carbons (Fsp3) is 0.333. The smallest absolute Gasteiger partial charge is 0.338 e. The molecule has 124 valence electrons. The predicted octanol–water partition coefficient (Wildman–Crippen LogP) is 2.07. The van der Waals surface area contributed by atoms with Gasteiger partial charge in [0.2, 0.25) is 0 Å². The topological polar surface area (TPSA) is 71.1 Å². The van der Waals surface area contributed by atoms with E-state index in [0.29, 0.717) is 17.1 Å². The van der Waals surface area contributed by atoms with Gasteiger partial charge in [0.05, 0.1) is 24.5 Å². The van der Waals surface area contributed by atoms with Crippen LogP contribution in [0.1, 0.15) is 10.4 Å². The number of methoxy groups -OCH3 is 1. The van der Waals surface area contributed by atoms with E-state index in [1.165, 1.54) is 0 Å². The van der Waals surface area contributed by atoms with Gasteiger partial charge in [-0.1, -0.05) is 12.2 Å². The summed E-state index contributed by atoms with van der Waals surface area (Å²) in [6.07, 6.45) is 5.07. The Hall–Kier alpha value is -2.76. The van der Waals surface area contributed by atoms with Crippen LogP contribution in [-0.2, 0) is 19.0 Å². The maximum absolute atomic E-state index is 12.1. The lowest BCUT2D eigenvalue weighted by Gasteiger charge is -2.38. The lowest BCUT2D eigenvalue weighted by molar-refractivity contribution is -0.204. The van der Waals surface area contributed by atoms with Crippen molar-refractivity contribution in [2.45, 2.75) is 6.29 Å². The SMILES string of the molecule is COc1ccc(C(=O)OCC2=C[C@H]3[C@@H]4C=C[C@H]3C(=O)O[C@@H]4O2)cc1. The molecule has 0 unspecified atom stereocenters. The third-order valence-corrected chi connectivity index (χ3v) is 4.54. The van der Waals surface area contributed by atoms with Gasteiger partial charge in [-0.25, -0.2) is 4.79 Å². The van der Waals surface area contributed by atoms with Crippen LogP contribution in [0.4, 0.5) is 0 Å². The maximum Gasteiger partial charge on any atom is 0.338 e. The highest BCUT2D eigenvalue weighted by atomic mass is 16.7. The first-order valence-electron chi connectivity index (χ1n) is 7.73. The minimum absolute atomic E-state index is 0.00878. The standard InChI is InChI=1S/C18H16O6/c1-21-11-4-2-10(3-5-11)16(19)22-9-12-8-15-13-6-7-14(15)18(23-12)24-17(13)20/h2-8,13-15,18H,9H2,1H3/t13-,14+,15-,18+/m1/s1. The van der Waals surface area contributed by atoms with Crippen LogP contribution in [0, 0.1) is 17.8 Å². The molecule has 2 heterocycles. The molecular formula is C18H16O6. The lowest BCUT2D eigenvalue weighted by Crippen LogP contribution is -2.44. The molecule has 1 fully saturated rings. The number of rotatable bonds is 4. The average Bonchev–Trinajstić information content (AvgIpc) is 2.95. The Bertz CT molecular complexity index is 732. The highest BCUT2D eigenvalue weighted by Crippen LogP contribution is 2.44. The zero-order chi connectivity index (χ0) is 16.7. The molecule has 4 bridgehead atoms. The molecule has 0 saturated carbocycles. The van der Waals surface area contributed by atoms with Gasteiger partial charge in [-0.3, -0.25) is 4.79 Å². The summed E-state index contributed by atoms with van der Waals surface area (Å²) in [6.45, 7) is 0.00878. The van der Waals surface area contributed by atoms with Crippen molar-refractivity contribution in [3.05, 3.63) is 53.8 Å². The van der Waals surface area contributed by atoms with Crippen LogP contribution in [0.5, 0.6) is 5.75 Å². The summed E-state index contributed by atoms with van der Waals surface area (Å²) in [7, 11) is 1.56. The van der Waals surface area contributed by atoms with Gasteiger partial charge >= 0.3 is 11.9 Å². The zero-order valence-corrected chi connectivity index (χ0v) is 13.0. The van der Waals surface area contributed by atoms with Crippen molar-refractivity contribution in [3.63, 3.8) is 0 Å². The molecule has 0 amide bonds. The molecule has 1 aromatic rings. The Morgan fingerprint density at radius 2 is 1.92 bits per heavy atom. The number of ether oxygens (including phenoxy) is 4. The van der Waals surface area contributed by atoms with Crippen LogP contribution in [0.25, 0.3) is 0 Å². The van der Waals surface area contributed by atoms with Crippen molar-refractivity contribution in [3.8, 4) is 5.75 Å². The van der Waals surface area contributed by atoms with Gasteiger partial charge in [-0.05, 0) is 30.3 Å². The van der Waals surface area contributed by atoms with Crippen LogP contribution in [0.15, 0.2) is 48.3 Å². The molecule has 4 atom stereocenters. The van der Waals surface area contributed by atoms with Gasteiger partial charge in [0.1, 0.15) is 18.1 Å². The van der Waals surface area contributed by atoms with Crippen molar-refractivity contribution < 1.29 is 28.5 Å². The van der Waals surface area contributed by atoms with E-state index in [2.05, 4.69) is 0 Å². The number of benzene rings is 1. The number of carbonyl (C=O) groups is 2. The summed E-state index contributed by atoms with van der Waals surface area (Å²) in [4.78, 5) is 23.9. The fourth-order valence-corrected chi connectivity index (χ4v) is 3.27. The first kappa shape index (κ1) is 14.8. The van der Waals surface area contributed by atoms with E-state index in [4.69, 9.17) is 18.9 Å². The van der Waals surface area contributed by atoms with Crippen molar-refractivity contribution in [1.29, 1.82) is 0 Å². The summed E-state index contributed by atoms with van der Waals surface area (Å²) >= 11 is 0. The third-order valence-electron chi connectivity index (χ3n) is 4.54. The number of hydrogen-bond acceptors (Lipinski definition) is 6. The van der Waals surface area contributed by atoms with Crippen LogP contribution < -0.4 is 4.74 Å². The number of hydrogen-bond donors (Lipinski definition) is 0. The Labute approximate surface area is 138 Å². The summed E-state index contributed by atoms with van der Waals surface area (Å²) in [5.41, 5.74) is 0.431. The van der Waals surface area contributed by atoms with Gasteiger partial charge in [0, 0.05) is 5.92 Å². The van der Waals surface area contributed by atoms with Gasteiger partial charge < -0.3 is 18.9 Å². The van der Waals surface area contributed by atoms with E-state index < -0.39 is 12.3 Å². The van der Waals surface area contributed by atoms with E-state index in [9.17, 15) is 9.59 Å². The first-order valence-corrected chi connectivity index (χ1v) is 7.73. The molecular weight excluding hydrogens is 312 g/mol. The van der Waals surface area contributed by atoms with Crippen LogP contribution >= 0.6 is 0 Å². The zero-order valence-electron chi connectivity index (χ0n) is 13.0. The second-order valence-corrected chi connectivity index (χ2v) is 5.93. The maximum atomic E-state index is 12.1. The van der Waals surface area contributed by atoms with Crippen LogP contribution in [0.2, 0.25) is 0 Å². The summed E-state index contributed by atoms with van der Waals surface area (Å²) in [5.74, 6) is 0.291. The normalized spacial score (nSPS) is 29.4. The van der Waals surface area contributed by atoms with Crippen LogP contribution in [-0.4, -0.2) is 31.9 Å². The quantitative estimate of drug-likeness (QED) is 0.622. The minimum Gasteiger partial charge on any atom is -0.497 e. The summed E-state index contributed by atoms with van der Waals surface area (Å²) in [6, 6.07) is 6.66. The molecule has 0 spiro atoms. The molecule has 1 aliphatic carbocycles. The fourth-order valence-electron chi connectivity index (χ4n) is 3.27. The molecule has 6 heteroatoms. The second kappa shape index (κ2) is 5.70. The van der Waals surface area contributed by atoms with E-state index in [-0.39, 0.29) is 30.3 Å². The number of carbonyl (C=O) groups excluding carboxylic acids is 2.